The molecule has 0 radical (unpaired) electrons. The maximum absolute atomic E-state index is 13.3. The molecule has 180 valence electrons. The Hall–Kier alpha value is -1.95. The number of ether oxygens (including phenoxy) is 1. The summed E-state index contributed by atoms with van der Waals surface area (Å²) in [6, 6.07) is 8.06. The quantitative estimate of drug-likeness (QED) is 0.446. The predicted molar refractivity (Wildman–Crippen MR) is 135 cm³/mol. The van der Waals surface area contributed by atoms with Crippen molar-refractivity contribution in [3.8, 4) is 5.75 Å². The molecule has 0 aromatic heterocycles. The number of aryl methyl sites for hydroxylation is 2. The second-order valence-corrected chi connectivity index (χ2v) is 10.3. The molecule has 0 unspecified atom stereocenters. The van der Waals surface area contributed by atoms with Crippen LogP contribution in [-0.4, -0.2) is 34.9 Å². The number of nitrogens with one attached hydrogen (secondary N) is 1. The number of hydrogen-bond donors (Lipinski definition) is 1. The largest absolute Gasteiger partial charge is 0.484 e. The Kier molecular flexibility index (Phi) is 9.48. The Bertz CT molecular complexity index is 995. The lowest BCUT2D eigenvalue weighted by Crippen LogP contribution is -2.54. The van der Waals surface area contributed by atoms with Crippen molar-refractivity contribution < 1.29 is 14.3 Å². The molecule has 2 rings (SSSR count). The van der Waals surface area contributed by atoms with Crippen LogP contribution in [0.2, 0.25) is 15.1 Å². The van der Waals surface area contributed by atoms with Crippen LogP contribution >= 0.6 is 34.8 Å². The van der Waals surface area contributed by atoms with Crippen LogP contribution in [-0.2, 0) is 16.1 Å². The zero-order valence-electron chi connectivity index (χ0n) is 19.9. The van der Waals surface area contributed by atoms with Gasteiger partial charge in [0.15, 0.2) is 6.61 Å². The van der Waals surface area contributed by atoms with E-state index in [0.29, 0.717) is 27.2 Å². The maximum Gasteiger partial charge on any atom is 0.261 e. The van der Waals surface area contributed by atoms with Crippen molar-refractivity contribution in [1.29, 1.82) is 0 Å². The van der Waals surface area contributed by atoms with Crippen molar-refractivity contribution in [2.24, 2.45) is 0 Å². The molecule has 0 saturated heterocycles. The number of halogens is 3. The summed E-state index contributed by atoms with van der Waals surface area (Å²) in [5.74, 6) is 0.00302. The van der Waals surface area contributed by atoms with Crippen LogP contribution in [0.1, 0.15) is 50.8 Å². The minimum atomic E-state index is -0.677. The van der Waals surface area contributed by atoms with Crippen LogP contribution in [0.5, 0.6) is 5.75 Å². The third-order valence-electron chi connectivity index (χ3n) is 4.99. The summed E-state index contributed by atoms with van der Waals surface area (Å²) in [5, 5.41) is 4.45. The van der Waals surface area contributed by atoms with E-state index in [-0.39, 0.29) is 25.0 Å². The molecule has 2 aromatic carbocycles. The molecule has 2 amide bonds. The average Bonchev–Trinajstić information content (AvgIpc) is 2.71. The SMILES string of the molecule is CC[C@@H](C(=O)NC(C)(C)C)N(Cc1ccc(Cl)c(Cl)c1)C(=O)COc1cc(C)c(Cl)c(C)c1. The first kappa shape index (κ1) is 27.3. The van der Waals surface area contributed by atoms with E-state index in [2.05, 4.69) is 5.32 Å². The number of carbonyl (C=O) groups excluding carboxylic acids is 2. The van der Waals surface area contributed by atoms with Crippen LogP contribution in [0, 0.1) is 13.8 Å². The van der Waals surface area contributed by atoms with Crippen molar-refractivity contribution in [2.45, 2.75) is 66.1 Å². The number of rotatable bonds is 8. The fourth-order valence-corrected chi connectivity index (χ4v) is 3.85. The Morgan fingerprint density at radius 1 is 1.03 bits per heavy atom. The molecule has 0 bridgehead atoms. The number of carbonyl (C=O) groups is 2. The normalized spacial score (nSPS) is 12.3. The molecule has 0 aliphatic heterocycles. The summed E-state index contributed by atoms with van der Waals surface area (Å²) in [6.07, 6.45) is 0.439. The minimum absolute atomic E-state index is 0.188. The molecule has 0 fully saturated rings. The monoisotopic (exact) mass is 512 g/mol. The fraction of sp³-hybridized carbons (Fsp3) is 0.440. The molecule has 1 N–H and O–H groups in total. The van der Waals surface area contributed by atoms with Crippen molar-refractivity contribution in [3.05, 3.63) is 62.1 Å². The molecule has 1 atom stereocenters. The van der Waals surface area contributed by atoms with Gasteiger partial charge in [-0.3, -0.25) is 9.59 Å². The third-order valence-corrected chi connectivity index (χ3v) is 6.33. The summed E-state index contributed by atoms with van der Waals surface area (Å²) in [4.78, 5) is 27.9. The van der Waals surface area contributed by atoms with Gasteiger partial charge >= 0.3 is 0 Å². The van der Waals surface area contributed by atoms with E-state index in [1.807, 2.05) is 41.5 Å². The van der Waals surface area contributed by atoms with Crippen molar-refractivity contribution in [3.63, 3.8) is 0 Å². The smallest absolute Gasteiger partial charge is 0.261 e. The number of amides is 2. The summed E-state index contributed by atoms with van der Waals surface area (Å²) < 4.78 is 5.79. The van der Waals surface area contributed by atoms with E-state index < -0.39 is 11.6 Å². The van der Waals surface area contributed by atoms with Gasteiger partial charge in [0.2, 0.25) is 5.91 Å². The van der Waals surface area contributed by atoms with E-state index in [1.54, 1.807) is 30.3 Å². The number of nitrogens with zero attached hydrogens (tertiary/aromatic N) is 1. The van der Waals surface area contributed by atoms with Crippen LogP contribution in [0.4, 0.5) is 0 Å². The van der Waals surface area contributed by atoms with Gasteiger partial charge in [0.25, 0.3) is 5.91 Å². The van der Waals surface area contributed by atoms with E-state index in [1.165, 1.54) is 4.90 Å². The van der Waals surface area contributed by atoms with Gasteiger partial charge in [-0.15, -0.1) is 0 Å². The first-order valence-corrected chi connectivity index (χ1v) is 11.9. The van der Waals surface area contributed by atoms with Gasteiger partial charge in [0.1, 0.15) is 11.8 Å². The van der Waals surface area contributed by atoms with Gasteiger partial charge < -0.3 is 15.0 Å². The summed E-state index contributed by atoms with van der Waals surface area (Å²) in [7, 11) is 0. The molecule has 33 heavy (non-hydrogen) atoms. The highest BCUT2D eigenvalue weighted by Crippen LogP contribution is 2.27. The summed E-state index contributed by atoms with van der Waals surface area (Å²) >= 11 is 18.4. The van der Waals surface area contributed by atoms with Gasteiger partial charge in [-0.1, -0.05) is 47.8 Å². The van der Waals surface area contributed by atoms with E-state index >= 15 is 0 Å². The standard InChI is InChI=1S/C25H31Cl3N2O3/c1-7-21(24(32)29-25(4,5)6)30(13-17-8-9-19(26)20(27)12-17)22(31)14-33-18-10-15(2)23(28)16(3)11-18/h8-12,21H,7,13-14H2,1-6H3,(H,29,32)/t21-/m0/s1. The van der Waals surface area contributed by atoms with Gasteiger partial charge in [-0.05, 0) is 82.0 Å². The zero-order chi connectivity index (χ0) is 24.9. The average molecular weight is 514 g/mol. The van der Waals surface area contributed by atoms with Gasteiger partial charge in [0, 0.05) is 17.1 Å². The third kappa shape index (κ3) is 7.80. The highest BCUT2D eigenvalue weighted by atomic mass is 35.5. The lowest BCUT2D eigenvalue weighted by molar-refractivity contribution is -0.143. The van der Waals surface area contributed by atoms with Gasteiger partial charge in [0.05, 0.1) is 10.0 Å². The molecule has 0 saturated carbocycles. The number of hydrogen-bond acceptors (Lipinski definition) is 3. The van der Waals surface area contributed by atoms with E-state index in [9.17, 15) is 9.59 Å². The fourth-order valence-electron chi connectivity index (χ4n) is 3.42. The Morgan fingerprint density at radius 2 is 1.64 bits per heavy atom. The second-order valence-electron chi connectivity index (χ2n) is 9.09. The van der Waals surface area contributed by atoms with Gasteiger partial charge in [-0.2, -0.15) is 0 Å². The van der Waals surface area contributed by atoms with E-state index in [4.69, 9.17) is 39.5 Å². The predicted octanol–water partition coefficient (Wildman–Crippen LogP) is 6.36. The van der Waals surface area contributed by atoms with Gasteiger partial charge in [-0.25, -0.2) is 0 Å². The Morgan fingerprint density at radius 3 is 2.15 bits per heavy atom. The zero-order valence-corrected chi connectivity index (χ0v) is 22.2. The first-order chi connectivity index (χ1) is 15.3. The molecule has 0 aliphatic carbocycles. The van der Waals surface area contributed by atoms with Crippen LogP contribution in [0.25, 0.3) is 0 Å². The summed E-state index contributed by atoms with van der Waals surface area (Å²) in [6.45, 7) is 11.3. The molecule has 8 heteroatoms. The van der Waals surface area contributed by atoms with Crippen LogP contribution in [0.3, 0.4) is 0 Å². The lowest BCUT2D eigenvalue weighted by atomic mass is 10.1. The minimum Gasteiger partial charge on any atom is -0.484 e. The Labute approximate surface area is 211 Å². The lowest BCUT2D eigenvalue weighted by Gasteiger charge is -2.33. The summed E-state index contributed by atoms with van der Waals surface area (Å²) in [5.41, 5.74) is 2.06. The van der Waals surface area contributed by atoms with Crippen LogP contribution in [0.15, 0.2) is 30.3 Å². The molecule has 0 aliphatic rings. The highest BCUT2D eigenvalue weighted by molar-refractivity contribution is 6.42. The Balaban J connectivity index is 2.30. The molecule has 0 heterocycles. The molecule has 5 nitrogen and oxygen atoms in total. The highest BCUT2D eigenvalue weighted by Gasteiger charge is 2.31. The van der Waals surface area contributed by atoms with Crippen molar-refractivity contribution >= 4 is 46.6 Å². The van der Waals surface area contributed by atoms with Crippen molar-refractivity contribution in [1.82, 2.24) is 10.2 Å². The van der Waals surface area contributed by atoms with E-state index in [0.717, 1.165) is 16.7 Å². The topological polar surface area (TPSA) is 58.6 Å². The second kappa shape index (κ2) is 11.5. The molecule has 2 aromatic rings. The van der Waals surface area contributed by atoms with Crippen LogP contribution < -0.4 is 10.1 Å². The first-order valence-electron chi connectivity index (χ1n) is 10.8. The molecular weight excluding hydrogens is 483 g/mol. The molecular formula is C25H31Cl3N2O3. The van der Waals surface area contributed by atoms with Crippen molar-refractivity contribution in [2.75, 3.05) is 6.61 Å². The maximum atomic E-state index is 13.3. The number of benzene rings is 2. The molecule has 0 spiro atoms.